The van der Waals surface area contributed by atoms with E-state index in [-0.39, 0.29) is 0 Å². The lowest BCUT2D eigenvalue weighted by Gasteiger charge is -2.13. The maximum Gasteiger partial charge on any atom is 0.0406 e. The van der Waals surface area contributed by atoms with E-state index < -0.39 is 0 Å². The van der Waals surface area contributed by atoms with Gasteiger partial charge in [-0.1, -0.05) is 42.3 Å². The van der Waals surface area contributed by atoms with Gasteiger partial charge in [0.25, 0.3) is 0 Å². The van der Waals surface area contributed by atoms with Crippen molar-refractivity contribution in [1.29, 1.82) is 0 Å². The molecule has 0 radical (unpaired) electrons. The molecule has 0 aromatic heterocycles. The summed E-state index contributed by atoms with van der Waals surface area (Å²) in [6.45, 7) is 2.28. The van der Waals surface area contributed by atoms with E-state index in [0.29, 0.717) is 5.92 Å². The molecule has 0 aliphatic heterocycles. The summed E-state index contributed by atoms with van der Waals surface area (Å²) < 4.78 is 0. The first-order valence-electron chi connectivity index (χ1n) is 5.22. The molecular formula is C13H15Cl. The molecule has 0 bridgehead atoms. The van der Waals surface area contributed by atoms with E-state index in [9.17, 15) is 0 Å². The second-order valence-corrected chi connectivity index (χ2v) is 4.38. The fourth-order valence-electron chi connectivity index (χ4n) is 2.05. The monoisotopic (exact) mass is 206 g/mol. The van der Waals surface area contributed by atoms with Crippen LogP contribution in [0.25, 0.3) is 0 Å². The van der Waals surface area contributed by atoms with E-state index in [2.05, 4.69) is 25.1 Å². The predicted molar refractivity (Wildman–Crippen MR) is 61.8 cm³/mol. The van der Waals surface area contributed by atoms with Crippen molar-refractivity contribution in [2.45, 2.75) is 32.1 Å². The van der Waals surface area contributed by atoms with Crippen LogP contribution in [0.1, 0.15) is 37.7 Å². The molecule has 74 valence electrons. The molecule has 1 unspecified atom stereocenters. The third-order valence-electron chi connectivity index (χ3n) is 3.00. The third kappa shape index (κ3) is 2.01. The molecule has 0 heterocycles. The SMILES string of the molecule is CC(C1=CCCC1)c1ccc(Cl)cc1. The van der Waals surface area contributed by atoms with Crippen molar-refractivity contribution in [3.05, 3.63) is 46.5 Å². The van der Waals surface area contributed by atoms with Crippen LogP contribution in [0.2, 0.25) is 5.02 Å². The molecule has 0 saturated heterocycles. The van der Waals surface area contributed by atoms with E-state index in [0.717, 1.165) is 5.02 Å². The van der Waals surface area contributed by atoms with E-state index in [1.54, 1.807) is 5.57 Å². The maximum atomic E-state index is 5.86. The smallest absolute Gasteiger partial charge is 0.0406 e. The lowest BCUT2D eigenvalue weighted by atomic mass is 9.93. The normalized spacial score (nSPS) is 18.0. The van der Waals surface area contributed by atoms with Gasteiger partial charge in [0.05, 0.1) is 0 Å². The van der Waals surface area contributed by atoms with Crippen LogP contribution < -0.4 is 0 Å². The van der Waals surface area contributed by atoms with E-state index >= 15 is 0 Å². The van der Waals surface area contributed by atoms with Crippen LogP contribution in [0.5, 0.6) is 0 Å². The Bertz CT molecular complexity index is 335. The molecule has 1 aromatic carbocycles. The van der Waals surface area contributed by atoms with Gasteiger partial charge in [0.1, 0.15) is 0 Å². The lowest BCUT2D eigenvalue weighted by molar-refractivity contribution is 0.812. The van der Waals surface area contributed by atoms with Gasteiger partial charge in [0, 0.05) is 10.9 Å². The zero-order chi connectivity index (χ0) is 9.97. The summed E-state index contributed by atoms with van der Waals surface area (Å²) in [5.74, 6) is 0.565. The quantitative estimate of drug-likeness (QED) is 0.623. The molecule has 0 fully saturated rings. The fourth-order valence-corrected chi connectivity index (χ4v) is 2.18. The van der Waals surface area contributed by atoms with Crippen LogP contribution in [-0.4, -0.2) is 0 Å². The Hall–Kier alpha value is -0.750. The van der Waals surface area contributed by atoms with Gasteiger partial charge in [-0.15, -0.1) is 0 Å². The van der Waals surface area contributed by atoms with Crippen molar-refractivity contribution in [2.24, 2.45) is 0 Å². The molecule has 0 saturated carbocycles. The van der Waals surface area contributed by atoms with Crippen LogP contribution >= 0.6 is 11.6 Å². The van der Waals surface area contributed by atoms with E-state index in [4.69, 9.17) is 11.6 Å². The molecule has 0 N–H and O–H groups in total. The molecule has 14 heavy (non-hydrogen) atoms. The van der Waals surface area contributed by atoms with Crippen LogP contribution in [0.3, 0.4) is 0 Å². The highest BCUT2D eigenvalue weighted by atomic mass is 35.5. The summed E-state index contributed by atoms with van der Waals surface area (Å²) in [4.78, 5) is 0. The second kappa shape index (κ2) is 4.18. The van der Waals surface area contributed by atoms with Crippen molar-refractivity contribution in [3.8, 4) is 0 Å². The minimum atomic E-state index is 0.565. The number of allylic oxidation sites excluding steroid dienone is 2. The van der Waals surface area contributed by atoms with Gasteiger partial charge in [-0.25, -0.2) is 0 Å². The Kier molecular flexibility index (Phi) is 2.93. The van der Waals surface area contributed by atoms with Gasteiger partial charge < -0.3 is 0 Å². The van der Waals surface area contributed by atoms with Crippen molar-refractivity contribution in [2.75, 3.05) is 0 Å². The number of hydrogen-bond acceptors (Lipinski definition) is 0. The second-order valence-electron chi connectivity index (χ2n) is 3.94. The predicted octanol–water partition coefficient (Wildman–Crippen LogP) is 4.55. The number of halogens is 1. The Morgan fingerprint density at radius 2 is 1.93 bits per heavy atom. The summed E-state index contributed by atoms with van der Waals surface area (Å²) in [6, 6.07) is 8.21. The largest absolute Gasteiger partial charge is 0.0847 e. The Labute approximate surface area is 90.6 Å². The molecular weight excluding hydrogens is 192 g/mol. The summed E-state index contributed by atoms with van der Waals surface area (Å²) in [6.07, 6.45) is 6.24. The zero-order valence-electron chi connectivity index (χ0n) is 8.46. The lowest BCUT2D eigenvalue weighted by Crippen LogP contribution is -1.95. The first-order valence-corrected chi connectivity index (χ1v) is 5.59. The molecule has 1 aliphatic carbocycles. The highest BCUT2D eigenvalue weighted by Crippen LogP contribution is 2.32. The molecule has 0 amide bonds. The molecule has 1 heteroatoms. The van der Waals surface area contributed by atoms with Gasteiger partial charge in [-0.05, 0) is 37.0 Å². The third-order valence-corrected chi connectivity index (χ3v) is 3.25. The van der Waals surface area contributed by atoms with Crippen molar-refractivity contribution in [1.82, 2.24) is 0 Å². The molecule has 1 aromatic rings. The molecule has 0 nitrogen and oxygen atoms in total. The van der Waals surface area contributed by atoms with Gasteiger partial charge in [-0.3, -0.25) is 0 Å². The average molecular weight is 207 g/mol. The Morgan fingerprint density at radius 1 is 1.21 bits per heavy atom. The summed E-state index contributed by atoms with van der Waals surface area (Å²) in [5, 5.41) is 0.821. The summed E-state index contributed by atoms with van der Waals surface area (Å²) in [5.41, 5.74) is 2.97. The Balaban J connectivity index is 2.18. The molecule has 2 rings (SSSR count). The Morgan fingerprint density at radius 3 is 2.50 bits per heavy atom. The van der Waals surface area contributed by atoms with Crippen LogP contribution in [0, 0.1) is 0 Å². The topological polar surface area (TPSA) is 0 Å². The standard InChI is InChI=1S/C13H15Cl/c1-10(11-4-2-3-5-11)12-6-8-13(14)9-7-12/h4,6-10H,2-3,5H2,1H3. The molecule has 1 atom stereocenters. The van der Waals surface area contributed by atoms with Crippen LogP contribution in [-0.2, 0) is 0 Å². The summed E-state index contributed by atoms with van der Waals surface area (Å²) in [7, 11) is 0. The first-order chi connectivity index (χ1) is 6.77. The number of benzene rings is 1. The summed E-state index contributed by atoms with van der Waals surface area (Å²) >= 11 is 5.86. The molecule has 1 aliphatic rings. The van der Waals surface area contributed by atoms with Crippen molar-refractivity contribution < 1.29 is 0 Å². The van der Waals surface area contributed by atoms with Gasteiger partial charge in [0.2, 0.25) is 0 Å². The average Bonchev–Trinajstić information content (AvgIpc) is 2.71. The maximum absolute atomic E-state index is 5.86. The fraction of sp³-hybridized carbons (Fsp3) is 0.385. The minimum absolute atomic E-state index is 0.565. The van der Waals surface area contributed by atoms with Crippen molar-refractivity contribution in [3.63, 3.8) is 0 Å². The number of rotatable bonds is 2. The van der Waals surface area contributed by atoms with Crippen LogP contribution in [0.15, 0.2) is 35.9 Å². The highest BCUT2D eigenvalue weighted by Gasteiger charge is 2.13. The van der Waals surface area contributed by atoms with E-state index in [1.165, 1.54) is 24.8 Å². The number of hydrogen-bond donors (Lipinski definition) is 0. The van der Waals surface area contributed by atoms with Gasteiger partial charge in [-0.2, -0.15) is 0 Å². The van der Waals surface area contributed by atoms with Crippen molar-refractivity contribution >= 4 is 11.6 Å². The zero-order valence-corrected chi connectivity index (χ0v) is 9.22. The van der Waals surface area contributed by atoms with Gasteiger partial charge >= 0.3 is 0 Å². The highest BCUT2D eigenvalue weighted by molar-refractivity contribution is 6.30. The molecule has 0 spiro atoms. The first kappa shape index (κ1) is 9.79. The van der Waals surface area contributed by atoms with Crippen LogP contribution in [0.4, 0.5) is 0 Å². The van der Waals surface area contributed by atoms with E-state index in [1.807, 2.05) is 12.1 Å². The van der Waals surface area contributed by atoms with Gasteiger partial charge in [0.15, 0.2) is 0 Å². The minimum Gasteiger partial charge on any atom is -0.0847 e.